The largest absolute Gasteiger partial charge is 0.462 e. The van der Waals surface area contributed by atoms with Gasteiger partial charge in [0.05, 0.1) is 0 Å². The van der Waals surface area contributed by atoms with Crippen molar-refractivity contribution in [2.45, 2.75) is 59.5 Å². The van der Waals surface area contributed by atoms with E-state index in [2.05, 4.69) is 20.8 Å². The molecule has 0 aromatic heterocycles. The predicted octanol–water partition coefficient (Wildman–Crippen LogP) is 4.44. The number of carbonyl (C=O) groups excluding carboxylic acids is 2. The zero-order chi connectivity index (χ0) is 17.7. The van der Waals surface area contributed by atoms with Gasteiger partial charge in [0.25, 0.3) is 0 Å². The minimum Gasteiger partial charge on any atom is -0.462 e. The zero-order valence-corrected chi connectivity index (χ0v) is 15.3. The molecule has 1 saturated carbocycles. The molecule has 0 aliphatic heterocycles. The van der Waals surface area contributed by atoms with E-state index < -0.39 is 5.92 Å². The molecule has 4 atom stereocenters. The van der Waals surface area contributed by atoms with E-state index in [1.165, 1.54) is 13.3 Å². The maximum absolute atomic E-state index is 12.7. The summed E-state index contributed by atoms with van der Waals surface area (Å²) in [6.07, 6.45) is 3.56. The van der Waals surface area contributed by atoms with E-state index in [9.17, 15) is 9.59 Å². The molecule has 0 saturated heterocycles. The third-order valence-electron chi connectivity index (χ3n) is 5.29. The van der Waals surface area contributed by atoms with Crippen molar-refractivity contribution in [1.29, 1.82) is 0 Å². The molecule has 0 N–H and O–H groups in total. The van der Waals surface area contributed by atoms with Gasteiger partial charge in [0.15, 0.2) is 0 Å². The van der Waals surface area contributed by atoms with E-state index in [0.29, 0.717) is 24.2 Å². The quantitative estimate of drug-likeness (QED) is 0.572. The number of hydrogen-bond acceptors (Lipinski definition) is 3. The lowest BCUT2D eigenvalue weighted by atomic mass is 9.75. The number of hydrogen-bond donors (Lipinski definition) is 0. The second-order valence-corrected chi connectivity index (χ2v) is 7.65. The SMILES string of the molecule is CC(=O)C(Cc1ccccc1)C(=O)OC1CC(C)CCC1C(C)C. The van der Waals surface area contributed by atoms with Crippen LogP contribution in [0.25, 0.3) is 0 Å². The summed E-state index contributed by atoms with van der Waals surface area (Å²) in [4.78, 5) is 24.7. The minimum atomic E-state index is -0.697. The van der Waals surface area contributed by atoms with Gasteiger partial charge in [0.1, 0.15) is 17.8 Å². The molecule has 0 heterocycles. The Balaban J connectivity index is 2.07. The lowest BCUT2D eigenvalue weighted by molar-refractivity contribution is -0.162. The van der Waals surface area contributed by atoms with Gasteiger partial charge in [-0.3, -0.25) is 9.59 Å². The third kappa shape index (κ3) is 4.93. The van der Waals surface area contributed by atoms with E-state index in [4.69, 9.17) is 4.74 Å². The van der Waals surface area contributed by atoms with Crippen LogP contribution in [-0.2, 0) is 20.7 Å². The van der Waals surface area contributed by atoms with Crippen LogP contribution >= 0.6 is 0 Å². The van der Waals surface area contributed by atoms with Crippen LogP contribution < -0.4 is 0 Å². The summed E-state index contributed by atoms with van der Waals surface area (Å²) >= 11 is 0. The lowest BCUT2D eigenvalue weighted by Gasteiger charge is -2.37. The molecular formula is C21H30O3. The van der Waals surface area contributed by atoms with Gasteiger partial charge in [-0.25, -0.2) is 0 Å². The summed E-state index contributed by atoms with van der Waals surface area (Å²) in [5.74, 6) is 0.291. The van der Waals surface area contributed by atoms with Crippen LogP contribution in [0.15, 0.2) is 30.3 Å². The Kier molecular flexibility index (Phi) is 6.59. The van der Waals surface area contributed by atoms with E-state index in [-0.39, 0.29) is 17.9 Å². The fraction of sp³-hybridized carbons (Fsp3) is 0.619. The van der Waals surface area contributed by atoms with Crippen molar-refractivity contribution in [3.05, 3.63) is 35.9 Å². The first-order chi connectivity index (χ1) is 11.4. The Morgan fingerprint density at radius 2 is 1.83 bits per heavy atom. The Morgan fingerprint density at radius 3 is 2.42 bits per heavy atom. The molecule has 1 fully saturated rings. The molecule has 3 heteroatoms. The van der Waals surface area contributed by atoms with Crippen LogP contribution in [0.1, 0.15) is 52.5 Å². The third-order valence-corrected chi connectivity index (χ3v) is 5.29. The number of ketones is 1. The summed E-state index contributed by atoms with van der Waals surface area (Å²) in [5, 5.41) is 0. The number of rotatable bonds is 6. The molecule has 3 nitrogen and oxygen atoms in total. The first-order valence-electron chi connectivity index (χ1n) is 9.13. The molecule has 0 spiro atoms. The van der Waals surface area contributed by atoms with Crippen LogP contribution in [0.5, 0.6) is 0 Å². The summed E-state index contributed by atoms with van der Waals surface area (Å²) in [6, 6.07) is 9.68. The lowest BCUT2D eigenvalue weighted by Crippen LogP contribution is -2.38. The Hall–Kier alpha value is -1.64. The van der Waals surface area contributed by atoms with E-state index in [0.717, 1.165) is 18.4 Å². The van der Waals surface area contributed by atoms with E-state index >= 15 is 0 Å². The standard InChI is InChI=1S/C21H30O3/c1-14(2)18-11-10-15(3)12-20(18)24-21(23)19(16(4)22)13-17-8-6-5-7-9-17/h5-9,14-15,18-20H,10-13H2,1-4H3. The Bertz CT molecular complexity index is 549. The molecule has 0 bridgehead atoms. The first kappa shape index (κ1) is 18.7. The number of ether oxygens (including phenoxy) is 1. The highest BCUT2D eigenvalue weighted by molar-refractivity contribution is 5.98. The number of carbonyl (C=O) groups is 2. The second kappa shape index (κ2) is 8.46. The molecule has 0 amide bonds. The van der Waals surface area contributed by atoms with Gasteiger partial charge in [-0.05, 0) is 49.5 Å². The average molecular weight is 330 g/mol. The Morgan fingerprint density at radius 1 is 1.17 bits per heavy atom. The van der Waals surface area contributed by atoms with Crippen molar-refractivity contribution in [3.8, 4) is 0 Å². The van der Waals surface area contributed by atoms with Gasteiger partial charge in [-0.1, -0.05) is 57.5 Å². The molecule has 24 heavy (non-hydrogen) atoms. The summed E-state index contributed by atoms with van der Waals surface area (Å²) in [7, 11) is 0. The average Bonchev–Trinajstić information content (AvgIpc) is 2.53. The highest BCUT2D eigenvalue weighted by Gasteiger charge is 2.35. The van der Waals surface area contributed by atoms with Crippen LogP contribution in [0.3, 0.4) is 0 Å². The molecule has 1 aromatic carbocycles. The molecule has 0 radical (unpaired) electrons. The summed E-state index contributed by atoms with van der Waals surface area (Å²) < 4.78 is 5.87. The fourth-order valence-corrected chi connectivity index (χ4v) is 3.72. The maximum Gasteiger partial charge on any atom is 0.317 e. The van der Waals surface area contributed by atoms with Gasteiger partial charge >= 0.3 is 5.97 Å². The molecule has 132 valence electrons. The van der Waals surface area contributed by atoms with Gasteiger partial charge in [-0.15, -0.1) is 0 Å². The summed E-state index contributed by atoms with van der Waals surface area (Å²) in [6.45, 7) is 8.07. The Labute approximate surface area is 145 Å². The molecule has 4 unspecified atom stereocenters. The van der Waals surface area contributed by atoms with Crippen LogP contribution in [-0.4, -0.2) is 17.9 Å². The topological polar surface area (TPSA) is 43.4 Å². The van der Waals surface area contributed by atoms with Gasteiger partial charge in [-0.2, -0.15) is 0 Å². The van der Waals surface area contributed by atoms with Crippen molar-refractivity contribution in [2.75, 3.05) is 0 Å². The van der Waals surface area contributed by atoms with Crippen LogP contribution in [0, 0.1) is 23.7 Å². The predicted molar refractivity (Wildman–Crippen MR) is 95.5 cm³/mol. The zero-order valence-electron chi connectivity index (χ0n) is 15.3. The minimum absolute atomic E-state index is 0.0566. The number of Topliss-reactive ketones (excluding diaryl/α,β-unsaturated/α-hetero) is 1. The van der Waals surface area contributed by atoms with Gasteiger partial charge in [0.2, 0.25) is 0 Å². The highest BCUT2D eigenvalue weighted by Crippen LogP contribution is 2.35. The van der Waals surface area contributed by atoms with Crippen LogP contribution in [0.4, 0.5) is 0 Å². The molecule has 2 rings (SSSR count). The monoisotopic (exact) mass is 330 g/mol. The van der Waals surface area contributed by atoms with E-state index in [1.807, 2.05) is 30.3 Å². The van der Waals surface area contributed by atoms with Gasteiger partial charge in [0, 0.05) is 0 Å². The highest BCUT2D eigenvalue weighted by atomic mass is 16.5. The van der Waals surface area contributed by atoms with Crippen molar-refractivity contribution < 1.29 is 14.3 Å². The molecule has 1 aliphatic carbocycles. The first-order valence-corrected chi connectivity index (χ1v) is 9.13. The van der Waals surface area contributed by atoms with E-state index in [1.54, 1.807) is 0 Å². The summed E-state index contributed by atoms with van der Waals surface area (Å²) in [5.41, 5.74) is 0.993. The maximum atomic E-state index is 12.7. The molecular weight excluding hydrogens is 300 g/mol. The van der Waals surface area contributed by atoms with Crippen molar-refractivity contribution >= 4 is 11.8 Å². The smallest absolute Gasteiger partial charge is 0.317 e. The number of esters is 1. The van der Waals surface area contributed by atoms with Crippen molar-refractivity contribution in [2.24, 2.45) is 23.7 Å². The molecule has 1 aromatic rings. The number of benzene rings is 1. The molecule has 1 aliphatic rings. The van der Waals surface area contributed by atoms with Gasteiger partial charge < -0.3 is 4.74 Å². The van der Waals surface area contributed by atoms with Crippen molar-refractivity contribution in [1.82, 2.24) is 0 Å². The van der Waals surface area contributed by atoms with Crippen molar-refractivity contribution in [3.63, 3.8) is 0 Å². The second-order valence-electron chi connectivity index (χ2n) is 7.65. The van der Waals surface area contributed by atoms with Crippen LogP contribution in [0.2, 0.25) is 0 Å². The fourth-order valence-electron chi connectivity index (χ4n) is 3.72. The normalized spacial score (nSPS) is 25.3.